The van der Waals surface area contributed by atoms with E-state index in [2.05, 4.69) is 27.4 Å². The van der Waals surface area contributed by atoms with E-state index in [4.69, 9.17) is 23.2 Å². The zero-order valence-corrected chi connectivity index (χ0v) is 9.89. The second-order valence-corrected chi connectivity index (χ2v) is 4.68. The molecule has 15 heavy (non-hydrogen) atoms. The van der Waals surface area contributed by atoms with Crippen LogP contribution in [-0.4, -0.2) is 21.2 Å². The van der Waals surface area contributed by atoms with Gasteiger partial charge in [0.1, 0.15) is 0 Å². The highest BCUT2D eigenvalue weighted by Crippen LogP contribution is 2.28. The largest absolute Gasteiger partial charge is 0.365 e. The third-order valence-corrected chi connectivity index (χ3v) is 3.07. The molecular formula is C9H12Cl2N4. The van der Waals surface area contributed by atoms with Crippen LogP contribution in [0.3, 0.4) is 0 Å². The third-order valence-electron chi connectivity index (χ3n) is 2.66. The predicted molar refractivity (Wildman–Crippen MR) is 60.3 cm³/mol. The zero-order chi connectivity index (χ0) is 10.8. The fraction of sp³-hybridized carbons (Fsp3) is 0.667. The van der Waals surface area contributed by atoms with Crippen LogP contribution in [0.2, 0.25) is 10.4 Å². The predicted octanol–water partition coefficient (Wildman–Crippen LogP) is 2.78. The molecule has 0 spiro atoms. The number of rotatable bonds is 2. The molecule has 82 valence electrons. The standard InChI is InChI=1S/C9H12Cl2N4/c1-5-2-3-6(4-5)12-8-7(10)14-15-9(11)13-8/h5-6H,2-4H2,1H3,(H,12,13,15). The summed E-state index contributed by atoms with van der Waals surface area (Å²) in [5, 5.41) is 10.9. The summed E-state index contributed by atoms with van der Waals surface area (Å²) >= 11 is 11.5. The molecule has 0 saturated heterocycles. The lowest BCUT2D eigenvalue weighted by Gasteiger charge is -2.13. The van der Waals surface area contributed by atoms with E-state index in [-0.39, 0.29) is 10.4 Å². The number of aromatic nitrogens is 3. The highest BCUT2D eigenvalue weighted by molar-refractivity contribution is 6.32. The minimum absolute atomic E-state index is 0.118. The SMILES string of the molecule is CC1CCC(Nc2nc(Cl)nnc2Cl)C1. The van der Waals surface area contributed by atoms with E-state index in [1.807, 2.05) is 0 Å². The van der Waals surface area contributed by atoms with Gasteiger partial charge in [-0.1, -0.05) is 18.5 Å². The van der Waals surface area contributed by atoms with E-state index in [9.17, 15) is 0 Å². The molecule has 0 radical (unpaired) electrons. The summed E-state index contributed by atoms with van der Waals surface area (Å²) in [7, 11) is 0. The number of hydrogen-bond acceptors (Lipinski definition) is 4. The van der Waals surface area contributed by atoms with Crippen LogP contribution >= 0.6 is 23.2 Å². The zero-order valence-electron chi connectivity index (χ0n) is 8.37. The molecular weight excluding hydrogens is 235 g/mol. The van der Waals surface area contributed by atoms with Crippen LogP contribution in [0.15, 0.2) is 0 Å². The van der Waals surface area contributed by atoms with Gasteiger partial charge in [-0.25, -0.2) is 0 Å². The summed E-state index contributed by atoms with van der Waals surface area (Å²) in [6, 6.07) is 0.422. The van der Waals surface area contributed by atoms with E-state index in [0.29, 0.717) is 11.9 Å². The van der Waals surface area contributed by atoms with Crippen LogP contribution in [0.1, 0.15) is 26.2 Å². The topological polar surface area (TPSA) is 50.7 Å². The van der Waals surface area contributed by atoms with Crippen LogP contribution in [0.25, 0.3) is 0 Å². The normalized spacial score (nSPS) is 25.5. The molecule has 1 heterocycles. The Balaban J connectivity index is 2.07. The van der Waals surface area contributed by atoms with Crippen molar-refractivity contribution in [3.63, 3.8) is 0 Å². The minimum atomic E-state index is 0.118. The first-order chi connectivity index (χ1) is 7.15. The highest BCUT2D eigenvalue weighted by Gasteiger charge is 2.22. The Morgan fingerprint density at radius 2 is 2.07 bits per heavy atom. The number of nitrogens with zero attached hydrogens (tertiary/aromatic N) is 3. The molecule has 0 aliphatic heterocycles. The fourth-order valence-corrected chi connectivity index (χ4v) is 2.17. The van der Waals surface area contributed by atoms with Gasteiger partial charge in [0.05, 0.1) is 0 Å². The van der Waals surface area contributed by atoms with Gasteiger partial charge in [0.2, 0.25) is 5.28 Å². The lowest BCUT2D eigenvalue weighted by molar-refractivity contribution is 0.602. The molecule has 1 aliphatic rings. The van der Waals surface area contributed by atoms with Gasteiger partial charge < -0.3 is 5.32 Å². The van der Waals surface area contributed by atoms with Crippen LogP contribution in [0.5, 0.6) is 0 Å². The molecule has 4 nitrogen and oxygen atoms in total. The summed E-state index contributed by atoms with van der Waals surface area (Å²) in [4.78, 5) is 4.01. The van der Waals surface area contributed by atoms with Gasteiger partial charge in [-0.2, -0.15) is 4.98 Å². The van der Waals surface area contributed by atoms with Crippen molar-refractivity contribution in [2.24, 2.45) is 5.92 Å². The quantitative estimate of drug-likeness (QED) is 0.872. The average molecular weight is 247 g/mol. The van der Waals surface area contributed by atoms with E-state index >= 15 is 0 Å². The molecule has 1 fully saturated rings. The van der Waals surface area contributed by atoms with Gasteiger partial charge >= 0.3 is 0 Å². The Morgan fingerprint density at radius 1 is 1.27 bits per heavy atom. The van der Waals surface area contributed by atoms with Crippen molar-refractivity contribution in [2.45, 2.75) is 32.2 Å². The molecule has 0 aromatic carbocycles. The highest BCUT2D eigenvalue weighted by atomic mass is 35.5. The Labute approximate surface area is 98.4 Å². The Kier molecular flexibility index (Phi) is 3.26. The Morgan fingerprint density at radius 3 is 2.73 bits per heavy atom. The van der Waals surface area contributed by atoms with Crippen molar-refractivity contribution in [1.82, 2.24) is 15.2 Å². The minimum Gasteiger partial charge on any atom is -0.365 e. The first-order valence-electron chi connectivity index (χ1n) is 4.97. The van der Waals surface area contributed by atoms with Gasteiger partial charge in [0.15, 0.2) is 11.0 Å². The van der Waals surface area contributed by atoms with Gasteiger partial charge in [0.25, 0.3) is 0 Å². The molecule has 2 atom stereocenters. The molecule has 1 N–H and O–H groups in total. The molecule has 1 aliphatic carbocycles. The summed E-state index contributed by atoms with van der Waals surface area (Å²) in [5.41, 5.74) is 0. The molecule has 2 unspecified atom stereocenters. The van der Waals surface area contributed by atoms with Crippen molar-refractivity contribution in [3.8, 4) is 0 Å². The van der Waals surface area contributed by atoms with E-state index in [1.165, 1.54) is 6.42 Å². The molecule has 2 rings (SSSR count). The lowest BCUT2D eigenvalue weighted by Crippen LogP contribution is -2.17. The van der Waals surface area contributed by atoms with Crippen LogP contribution < -0.4 is 5.32 Å². The smallest absolute Gasteiger partial charge is 0.245 e. The number of halogens is 2. The van der Waals surface area contributed by atoms with Gasteiger partial charge in [0, 0.05) is 6.04 Å². The fourth-order valence-electron chi connectivity index (χ4n) is 1.92. The van der Waals surface area contributed by atoms with Crippen molar-refractivity contribution in [2.75, 3.05) is 5.32 Å². The number of nitrogens with one attached hydrogen (secondary N) is 1. The molecule has 1 saturated carbocycles. The lowest BCUT2D eigenvalue weighted by atomic mass is 10.1. The van der Waals surface area contributed by atoms with Gasteiger partial charge in [-0.15, -0.1) is 10.2 Å². The number of hydrogen-bond donors (Lipinski definition) is 1. The van der Waals surface area contributed by atoms with E-state index < -0.39 is 0 Å². The van der Waals surface area contributed by atoms with Crippen molar-refractivity contribution >= 4 is 29.0 Å². The maximum Gasteiger partial charge on any atom is 0.245 e. The van der Waals surface area contributed by atoms with Crippen LogP contribution in [0, 0.1) is 5.92 Å². The first kappa shape index (κ1) is 10.9. The molecule has 1 aromatic heterocycles. The second-order valence-electron chi connectivity index (χ2n) is 3.98. The Hall–Kier alpha value is -0.610. The molecule has 6 heteroatoms. The summed E-state index contributed by atoms with van der Waals surface area (Å²) in [6.45, 7) is 2.24. The number of anilines is 1. The van der Waals surface area contributed by atoms with Crippen LogP contribution in [-0.2, 0) is 0 Å². The third kappa shape index (κ3) is 2.69. The van der Waals surface area contributed by atoms with Gasteiger partial charge in [-0.3, -0.25) is 0 Å². The van der Waals surface area contributed by atoms with Crippen molar-refractivity contribution in [1.29, 1.82) is 0 Å². The first-order valence-corrected chi connectivity index (χ1v) is 5.73. The Bertz CT molecular complexity index is 358. The summed E-state index contributed by atoms with van der Waals surface area (Å²) < 4.78 is 0. The summed E-state index contributed by atoms with van der Waals surface area (Å²) in [6.07, 6.45) is 3.51. The maximum absolute atomic E-state index is 5.85. The van der Waals surface area contributed by atoms with E-state index in [1.54, 1.807) is 0 Å². The molecule has 0 amide bonds. The monoisotopic (exact) mass is 246 g/mol. The van der Waals surface area contributed by atoms with Crippen molar-refractivity contribution < 1.29 is 0 Å². The summed E-state index contributed by atoms with van der Waals surface area (Å²) in [5.74, 6) is 1.29. The van der Waals surface area contributed by atoms with E-state index in [0.717, 1.165) is 18.8 Å². The van der Waals surface area contributed by atoms with Crippen molar-refractivity contribution in [3.05, 3.63) is 10.4 Å². The van der Waals surface area contributed by atoms with Crippen LogP contribution in [0.4, 0.5) is 5.82 Å². The molecule has 0 bridgehead atoms. The van der Waals surface area contributed by atoms with Gasteiger partial charge in [-0.05, 0) is 36.8 Å². The maximum atomic E-state index is 5.85. The molecule has 1 aromatic rings. The average Bonchev–Trinajstić information content (AvgIpc) is 2.58. The second kappa shape index (κ2) is 4.49.